The molecule has 2 saturated heterocycles. The lowest BCUT2D eigenvalue weighted by Gasteiger charge is -2.33. The highest BCUT2D eigenvalue weighted by atomic mass is 19.1. The Labute approximate surface area is 194 Å². The molecule has 2 aliphatic rings. The van der Waals surface area contributed by atoms with E-state index in [1.54, 1.807) is 12.1 Å². The van der Waals surface area contributed by atoms with Gasteiger partial charge in [-0.05, 0) is 82.1 Å². The van der Waals surface area contributed by atoms with Crippen LogP contribution in [0.15, 0.2) is 54.7 Å². The van der Waals surface area contributed by atoms with Gasteiger partial charge in [-0.2, -0.15) is 5.10 Å². The highest BCUT2D eigenvalue weighted by Gasteiger charge is 2.30. The molecule has 0 N–H and O–H groups in total. The minimum absolute atomic E-state index is 0.159. The van der Waals surface area contributed by atoms with Crippen molar-refractivity contribution in [1.29, 1.82) is 0 Å². The molecule has 2 fully saturated rings. The summed E-state index contributed by atoms with van der Waals surface area (Å²) >= 11 is 0. The van der Waals surface area contributed by atoms with Crippen LogP contribution in [-0.4, -0.2) is 51.7 Å². The zero-order chi connectivity index (χ0) is 22.8. The smallest absolute Gasteiger partial charge is 0.225 e. The Morgan fingerprint density at radius 3 is 2.30 bits per heavy atom. The Hall–Kier alpha value is -2.99. The quantitative estimate of drug-likeness (QED) is 0.564. The lowest BCUT2D eigenvalue weighted by Crippen LogP contribution is -2.41. The van der Waals surface area contributed by atoms with E-state index in [-0.39, 0.29) is 11.7 Å². The topological polar surface area (TPSA) is 41.4 Å². The van der Waals surface area contributed by atoms with E-state index in [2.05, 4.69) is 47.2 Å². The van der Waals surface area contributed by atoms with Crippen LogP contribution < -0.4 is 0 Å². The number of carbonyl (C=O) groups is 1. The predicted octanol–water partition coefficient (Wildman–Crippen LogP) is 4.82. The summed E-state index contributed by atoms with van der Waals surface area (Å²) in [6.07, 6.45) is 6.19. The number of carbonyl (C=O) groups excluding carboxylic acids is 1. The molecule has 0 radical (unpaired) electrons. The van der Waals surface area contributed by atoms with Crippen LogP contribution in [0.1, 0.15) is 36.8 Å². The zero-order valence-electron chi connectivity index (χ0n) is 19.2. The number of aryl methyl sites for hydroxylation is 1. The molecule has 172 valence electrons. The first kappa shape index (κ1) is 21.8. The summed E-state index contributed by atoms with van der Waals surface area (Å²) in [5, 5.41) is 4.88. The number of hydrogen-bond acceptors (Lipinski definition) is 3. The van der Waals surface area contributed by atoms with Gasteiger partial charge in [0.2, 0.25) is 5.91 Å². The van der Waals surface area contributed by atoms with Crippen molar-refractivity contribution in [3.05, 3.63) is 71.7 Å². The van der Waals surface area contributed by atoms with Gasteiger partial charge in [-0.15, -0.1) is 0 Å². The van der Waals surface area contributed by atoms with E-state index in [0.717, 1.165) is 80.9 Å². The first-order chi connectivity index (χ1) is 16.1. The molecule has 0 spiro atoms. The lowest BCUT2D eigenvalue weighted by molar-refractivity contribution is -0.136. The summed E-state index contributed by atoms with van der Waals surface area (Å²) in [7, 11) is 0. The fourth-order valence-corrected chi connectivity index (χ4v) is 4.98. The molecule has 2 aromatic carbocycles. The van der Waals surface area contributed by atoms with Gasteiger partial charge in [-0.1, -0.05) is 17.7 Å². The van der Waals surface area contributed by atoms with E-state index in [4.69, 9.17) is 5.10 Å². The Bertz CT molecular complexity index is 1090. The molecule has 2 aliphatic heterocycles. The third-order valence-electron chi connectivity index (χ3n) is 6.95. The summed E-state index contributed by atoms with van der Waals surface area (Å²) in [5.41, 5.74) is 5.12. The van der Waals surface area contributed by atoms with E-state index in [9.17, 15) is 9.18 Å². The summed E-state index contributed by atoms with van der Waals surface area (Å²) in [4.78, 5) is 17.2. The number of piperidine rings is 1. The fraction of sp³-hybridized carbons (Fsp3) is 0.407. The Balaban J connectivity index is 1.34. The monoisotopic (exact) mass is 446 g/mol. The molecule has 0 aliphatic carbocycles. The van der Waals surface area contributed by atoms with Crippen LogP contribution >= 0.6 is 0 Å². The second-order valence-corrected chi connectivity index (χ2v) is 9.37. The molecule has 1 aromatic heterocycles. The molecule has 0 unspecified atom stereocenters. The number of hydrogen-bond donors (Lipinski definition) is 0. The average molecular weight is 447 g/mol. The summed E-state index contributed by atoms with van der Waals surface area (Å²) in [6.45, 7) is 6.51. The summed E-state index contributed by atoms with van der Waals surface area (Å²) < 4.78 is 15.4. The van der Waals surface area contributed by atoms with Crippen LogP contribution in [0.5, 0.6) is 0 Å². The average Bonchev–Trinajstić information content (AvgIpc) is 3.51. The van der Waals surface area contributed by atoms with Gasteiger partial charge in [-0.25, -0.2) is 9.07 Å². The van der Waals surface area contributed by atoms with E-state index >= 15 is 0 Å². The first-order valence-electron chi connectivity index (χ1n) is 12.0. The van der Waals surface area contributed by atoms with Gasteiger partial charge < -0.3 is 4.90 Å². The highest BCUT2D eigenvalue weighted by molar-refractivity contribution is 5.79. The number of halogens is 1. The van der Waals surface area contributed by atoms with Gasteiger partial charge in [0.05, 0.1) is 11.4 Å². The predicted molar refractivity (Wildman–Crippen MR) is 128 cm³/mol. The molecular formula is C27H31FN4O. The lowest BCUT2D eigenvalue weighted by atomic mass is 9.95. The van der Waals surface area contributed by atoms with E-state index in [1.165, 1.54) is 17.7 Å². The van der Waals surface area contributed by atoms with Crippen molar-refractivity contribution in [1.82, 2.24) is 19.6 Å². The molecule has 6 heteroatoms. The van der Waals surface area contributed by atoms with Crippen molar-refractivity contribution in [2.24, 2.45) is 5.92 Å². The minimum Gasteiger partial charge on any atom is -0.342 e. The molecule has 3 heterocycles. The SMILES string of the molecule is Cc1ccc(-n2cc(CN3CCC(C(=O)N4CCCC4)CC3)c(-c3ccc(F)cc3)n2)cc1. The molecule has 0 atom stereocenters. The number of amides is 1. The number of benzene rings is 2. The molecule has 0 bridgehead atoms. The largest absolute Gasteiger partial charge is 0.342 e. The van der Waals surface area contributed by atoms with Crippen molar-refractivity contribution in [3.8, 4) is 16.9 Å². The van der Waals surface area contributed by atoms with Gasteiger partial charge in [0.15, 0.2) is 0 Å². The van der Waals surface area contributed by atoms with Gasteiger partial charge in [-0.3, -0.25) is 9.69 Å². The van der Waals surface area contributed by atoms with E-state index in [0.29, 0.717) is 5.91 Å². The number of rotatable bonds is 5. The minimum atomic E-state index is -0.247. The maximum atomic E-state index is 13.5. The molecule has 5 rings (SSSR count). The zero-order valence-corrected chi connectivity index (χ0v) is 19.2. The fourth-order valence-electron chi connectivity index (χ4n) is 4.98. The normalized spacial score (nSPS) is 17.6. The number of nitrogens with zero attached hydrogens (tertiary/aromatic N) is 4. The van der Waals surface area contributed by atoms with E-state index < -0.39 is 0 Å². The second kappa shape index (κ2) is 9.48. The standard InChI is InChI=1S/C27H31FN4O/c1-20-4-10-25(11-5-20)32-19-23(26(29-32)21-6-8-24(28)9-7-21)18-30-16-12-22(13-17-30)27(33)31-14-2-3-15-31/h4-11,19,22H,2-3,12-18H2,1H3. The number of aromatic nitrogens is 2. The Kier molecular flexibility index (Phi) is 6.27. The van der Waals surface area contributed by atoms with Gasteiger partial charge >= 0.3 is 0 Å². The maximum absolute atomic E-state index is 13.5. The van der Waals surface area contributed by atoms with Gasteiger partial charge in [0.25, 0.3) is 0 Å². The van der Waals surface area contributed by atoms with Crippen LogP contribution in [0.4, 0.5) is 4.39 Å². The van der Waals surface area contributed by atoms with Crippen molar-refractivity contribution < 1.29 is 9.18 Å². The maximum Gasteiger partial charge on any atom is 0.225 e. The molecule has 0 saturated carbocycles. The molecule has 33 heavy (non-hydrogen) atoms. The van der Waals surface area contributed by atoms with Gasteiger partial charge in [0, 0.05) is 42.9 Å². The molecular weight excluding hydrogens is 415 g/mol. The van der Waals surface area contributed by atoms with Crippen molar-refractivity contribution in [3.63, 3.8) is 0 Å². The third kappa shape index (κ3) is 4.86. The van der Waals surface area contributed by atoms with E-state index in [1.807, 2.05) is 4.68 Å². The van der Waals surface area contributed by atoms with Crippen LogP contribution in [0.25, 0.3) is 16.9 Å². The van der Waals surface area contributed by atoms with Crippen molar-refractivity contribution in [2.45, 2.75) is 39.2 Å². The van der Waals surface area contributed by atoms with Crippen molar-refractivity contribution >= 4 is 5.91 Å². The summed E-state index contributed by atoms with van der Waals surface area (Å²) in [5.74, 6) is 0.264. The van der Waals surface area contributed by atoms with Gasteiger partial charge in [0.1, 0.15) is 5.82 Å². The molecule has 5 nitrogen and oxygen atoms in total. The van der Waals surface area contributed by atoms with Crippen molar-refractivity contribution in [2.75, 3.05) is 26.2 Å². The summed E-state index contributed by atoms with van der Waals surface area (Å²) in [6, 6.07) is 14.8. The van der Waals surface area contributed by atoms with Crippen LogP contribution in [0.3, 0.4) is 0 Å². The second-order valence-electron chi connectivity index (χ2n) is 9.37. The van der Waals surface area contributed by atoms with Crippen LogP contribution in [-0.2, 0) is 11.3 Å². The Morgan fingerprint density at radius 2 is 1.64 bits per heavy atom. The first-order valence-corrected chi connectivity index (χ1v) is 12.0. The third-order valence-corrected chi connectivity index (χ3v) is 6.95. The van der Waals surface area contributed by atoms with Crippen LogP contribution in [0.2, 0.25) is 0 Å². The number of likely N-dealkylation sites (tertiary alicyclic amines) is 2. The van der Waals surface area contributed by atoms with Crippen LogP contribution in [0, 0.1) is 18.7 Å². The highest BCUT2D eigenvalue weighted by Crippen LogP contribution is 2.28. The Morgan fingerprint density at radius 1 is 0.970 bits per heavy atom. The molecule has 1 amide bonds. The molecule has 3 aromatic rings.